The molecule has 0 fully saturated rings. The molecule has 4 heteroatoms. The third-order valence-electron chi connectivity index (χ3n) is 2.38. The Balaban J connectivity index is 2.17. The molecule has 0 aliphatic rings. The molecule has 0 amide bonds. The van der Waals surface area contributed by atoms with Crippen LogP contribution in [0.4, 0.5) is 0 Å². The first-order valence-electron chi connectivity index (χ1n) is 5.22. The van der Waals surface area contributed by atoms with Crippen molar-refractivity contribution in [3.63, 3.8) is 0 Å². The maximum atomic E-state index is 9.63. The highest BCUT2D eigenvalue weighted by molar-refractivity contribution is 7.10. The number of phenols is 1. The molecule has 88 valence electrons. The van der Waals surface area contributed by atoms with E-state index in [1.54, 1.807) is 35.8 Å². The topological polar surface area (TPSA) is 32.6 Å². The smallest absolute Gasteiger partial charge is 0.124 e. The van der Waals surface area contributed by atoms with Gasteiger partial charge in [-0.1, -0.05) is 17.7 Å². The van der Waals surface area contributed by atoms with Gasteiger partial charge in [-0.25, -0.2) is 0 Å². The molecule has 1 aromatic carbocycles. The summed E-state index contributed by atoms with van der Waals surface area (Å²) in [5.41, 5.74) is 0.640. The molecular weight excluding hydrogens is 254 g/mol. The van der Waals surface area contributed by atoms with Gasteiger partial charge in [0.1, 0.15) is 5.75 Å². The number of thiophene rings is 1. The maximum Gasteiger partial charge on any atom is 0.124 e. The zero-order valence-electron chi connectivity index (χ0n) is 9.30. The normalized spacial score (nSPS) is 13.1. The Morgan fingerprint density at radius 2 is 2.24 bits per heavy atom. The fourth-order valence-electron chi connectivity index (χ4n) is 1.42. The summed E-state index contributed by atoms with van der Waals surface area (Å²) in [6, 6.07) is 9.05. The van der Waals surface area contributed by atoms with Gasteiger partial charge in [-0.05, 0) is 36.6 Å². The Morgan fingerprint density at radius 3 is 2.94 bits per heavy atom. The van der Waals surface area contributed by atoms with Crippen molar-refractivity contribution in [3.8, 4) is 5.75 Å². The van der Waals surface area contributed by atoms with Gasteiger partial charge < -0.3 is 5.11 Å². The van der Waals surface area contributed by atoms with E-state index in [1.165, 1.54) is 4.88 Å². The zero-order valence-corrected chi connectivity index (χ0v) is 10.9. The maximum absolute atomic E-state index is 9.63. The molecule has 0 aliphatic carbocycles. The van der Waals surface area contributed by atoms with Crippen LogP contribution < -0.4 is 0 Å². The van der Waals surface area contributed by atoms with Crippen LogP contribution in [0.5, 0.6) is 5.75 Å². The highest BCUT2D eigenvalue weighted by atomic mass is 35.5. The number of aliphatic imine (C=N–C) groups is 1. The van der Waals surface area contributed by atoms with Crippen molar-refractivity contribution in [2.24, 2.45) is 4.99 Å². The van der Waals surface area contributed by atoms with Crippen LogP contribution >= 0.6 is 22.9 Å². The van der Waals surface area contributed by atoms with Gasteiger partial charge in [0.05, 0.1) is 6.04 Å². The average Bonchev–Trinajstić information content (AvgIpc) is 2.83. The molecule has 1 aromatic heterocycles. The number of hydrogen-bond acceptors (Lipinski definition) is 3. The van der Waals surface area contributed by atoms with Gasteiger partial charge in [-0.15, -0.1) is 11.3 Å². The fraction of sp³-hybridized carbons (Fsp3) is 0.154. The lowest BCUT2D eigenvalue weighted by Gasteiger charge is -2.03. The number of phenolic OH excluding ortho intramolecular Hbond substituents is 1. The van der Waals surface area contributed by atoms with Crippen LogP contribution in [0.1, 0.15) is 23.4 Å². The Bertz CT molecular complexity index is 522. The van der Waals surface area contributed by atoms with Gasteiger partial charge in [0.25, 0.3) is 0 Å². The van der Waals surface area contributed by atoms with E-state index in [9.17, 15) is 5.11 Å². The molecule has 0 saturated carbocycles. The first-order chi connectivity index (χ1) is 8.16. The predicted octanol–water partition coefficient (Wildman–Crippen LogP) is 4.29. The second kappa shape index (κ2) is 5.34. The van der Waals surface area contributed by atoms with Gasteiger partial charge in [0.2, 0.25) is 0 Å². The van der Waals surface area contributed by atoms with Crippen LogP contribution in [0.25, 0.3) is 0 Å². The van der Waals surface area contributed by atoms with Crippen LogP contribution in [-0.4, -0.2) is 11.3 Å². The molecule has 1 heterocycles. The minimum Gasteiger partial charge on any atom is -0.507 e. The van der Waals surface area contributed by atoms with E-state index in [2.05, 4.69) is 4.99 Å². The quantitative estimate of drug-likeness (QED) is 0.825. The second-order valence-corrected chi connectivity index (χ2v) is 5.09. The van der Waals surface area contributed by atoms with Crippen molar-refractivity contribution < 1.29 is 5.11 Å². The molecule has 1 N–H and O–H groups in total. The third kappa shape index (κ3) is 3.08. The summed E-state index contributed by atoms with van der Waals surface area (Å²) >= 11 is 7.53. The van der Waals surface area contributed by atoms with Gasteiger partial charge in [-0.2, -0.15) is 0 Å². The van der Waals surface area contributed by atoms with Crippen LogP contribution in [0.2, 0.25) is 5.02 Å². The van der Waals surface area contributed by atoms with Crippen molar-refractivity contribution in [1.82, 2.24) is 0 Å². The van der Waals surface area contributed by atoms with Gasteiger partial charge in [-0.3, -0.25) is 4.99 Å². The Morgan fingerprint density at radius 1 is 1.41 bits per heavy atom. The number of rotatable bonds is 3. The lowest BCUT2D eigenvalue weighted by atomic mass is 10.2. The summed E-state index contributed by atoms with van der Waals surface area (Å²) in [5.74, 6) is 0.191. The first kappa shape index (κ1) is 12.1. The second-order valence-electron chi connectivity index (χ2n) is 3.67. The fourth-order valence-corrected chi connectivity index (χ4v) is 2.33. The molecule has 2 nitrogen and oxygen atoms in total. The summed E-state index contributed by atoms with van der Waals surface area (Å²) in [6.45, 7) is 2.02. The van der Waals surface area contributed by atoms with Gasteiger partial charge >= 0.3 is 0 Å². The molecule has 0 radical (unpaired) electrons. The SMILES string of the molecule is C[C@H](N=Cc1cc(Cl)ccc1O)c1cccs1. The number of nitrogens with zero attached hydrogens (tertiary/aromatic N) is 1. The lowest BCUT2D eigenvalue weighted by molar-refractivity contribution is 0.474. The van der Waals surface area contributed by atoms with Gasteiger partial charge in [0.15, 0.2) is 0 Å². The summed E-state index contributed by atoms with van der Waals surface area (Å²) in [5, 5.41) is 12.2. The van der Waals surface area contributed by atoms with E-state index in [1.807, 2.05) is 24.4 Å². The largest absolute Gasteiger partial charge is 0.507 e. The molecular formula is C13H12ClNOS. The van der Waals surface area contributed by atoms with E-state index in [0.717, 1.165) is 0 Å². The van der Waals surface area contributed by atoms with E-state index in [4.69, 9.17) is 11.6 Å². The molecule has 0 bridgehead atoms. The van der Waals surface area contributed by atoms with Crippen molar-refractivity contribution in [2.75, 3.05) is 0 Å². The standard InChI is InChI=1S/C13H12ClNOS/c1-9(13-3-2-6-17-13)15-8-10-7-11(14)4-5-12(10)16/h2-9,16H,1H3/t9-/m0/s1. The highest BCUT2D eigenvalue weighted by Gasteiger charge is 2.04. The van der Waals surface area contributed by atoms with Crippen molar-refractivity contribution >= 4 is 29.2 Å². The number of aromatic hydroxyl groups is 1. The Labute approximate surface area is 109 Å². The average molecular weight is 266 g/mol. The number of halogens is 1. The molecule has 0 unspecified atom stereocenters. The lowest BCUT2D eigenvalue weighted by Crippen LogP contribution is -1.88. The zero-order chi connectivity index (χ0) is 12.3. The molecule has 2 rings (SSSR count). The van der Waals surface area contributed by atoms with E-state index in [0.29, 0.717) is 10.6 Å². The van der Waals surface area contributed by atoms with Crippen LogP contribution in [0.15, 0.2) is 40.7 Å². The molecule has 0 saturated heterocycles. The molecule has 0 spiro atoms. The third-order valence-corrected chi connectivity index (χ3v) is 3.66. The number of hydrogen-bond donors (Lipinski definition) is 1. The highest BCUT2D eigenvalue weighted by Crippen LogP contribution is 2.23. The Kier molecular flexibility index (Phi) is 3.82. The van der Waals surface area contributed by atoms with Crippen molar-refractivity contribution in [2.45, 2.75) is 13.0 Å². The van der Waals surface area contributed by atoms with Crippen molar-refractivity contribution in [3.05, 3.63) is 51.2 Å². The molecule has 1 atom stereocenters. The molecule has 0 aliphatic heterocycles. The molecule has 17 heavy (non-hydrogen) atoms. The van der Waals surface area contributed by atoms with Gasteiger partial charge in [0, 0.05) is 21.7 Å². The summed E-state index contributed by atoms with van der Waals surface area (Å²) in [4.78, 5) is 5.60. The monoisotopic (exact) mass is 265 g/mol. The van der Waals surface area contributed by atoms with Crippen molar-refractivity contribution in [1.29, 1.82) is 0 Å². The number of benzene rings is 1. The summed E-state index contributed by atoms with van der Waals surface area (Å²) in [7, 11) is 0. The minimum absolute atomic E-state index is 0.0911. The minimum atomic E-state index is 0.0911. The predicted molar refractivity (Wildman–Crippen MR) is 73.4 cm³/mol. The van der Waals surface area contributed by atoms with E-state index in [-0.39, 0.29) is 11.8 Å². The van der Waals surface area contributed by atoms with E-state index >= 15 is 0 Å². The van der Waals surface area contributed by atoms with Crippen LogP contribution in [-0.2, 0) is 0 Å². The first-order valence-corrected chi connectivity index (χ1v) is 6.47. The summed E-state index contributed by atoms with van der Waals surface area (Å²) < 4.78 is 0. The Hall–Kier alpha value is -1.32. The van der Waals surface area contributed by atoms with E-state index < -0.39 is 0 Å². The molecule has 2 aromatic rings. The summed E-state index contributed by atoms with van der Waals surface area (Å²) in [6.07, 6.45) is 1.66. The van der Waals surface area contributed by atoms with Crippen LogP contribution in [0, 0.1) is 0 Å². The van der Waals surface area contributed by atoms with Crippen LogP contribution in [0.3, 0.4) is 0 Å².